The summed E-state index contributed by atoms with van der Waals surface area (Å²) in [7, 11) is 2.11. The summed E-state index contributed by atoms with van der Waals surface area (Å²) < 4.78 is 4.48. The molecule has 0 fully saturated rings. The number of aryl methyl sites for hydroxylation is 2. The van der Waals surface area contributed by atoms with Gasteiger partial charge in [0, 0.05) is 30.7 Å². The Morgan fingerprint density at radius 1 is 0.897 bits per heavy atom. The lowest BCUT2D eigenvalue weighted by Gasteiger charge is -2.21. The monoisotopic (exact) mass is 383 g/mol. The first-order valence-corrected chi connectivity index (χ1v) is 10.1. The van der Waals surface area contributed by atoms with Gasteiger partial charge in [-0.1, -0.05) is 39.0 Å². The maximum atomic E-state index is 4.87. The first kappa shape index (κ1) is 19.3. The number of nitrogens with zero attached hydrogens (tertiary/aromatic N) is 3. The number of benzene rings is 2. The smallest absolute Gasteiger partial charge is 0.226 e. The normalized spacial score (nSPS) is 11.8. The van der Waals surface area contributed by atoms with E-state index in [-0.39, 0.29) is 5.41 Å². The van der Waals surface area contributed by atoms with E-state index in [2.05, 4.69) is 112 Å². The molecule has 0 atom stereocenters. The largest absolute Gasteiger partial charge is 0.330 e. The van der Waals surface area contributed by atoms with Crippen molar-refractivity contribution in [2.24, 2.45) is 7.05 Å². The van der Waals surface area contributed by atoms with Crippen LogP contribution in [0.2, 0.25) is 0 Å². The summed E-state index contributed by atoms with van der Waals surface area (Å²) >= 11 is 0. The third-order valence-electron chi connectivity index (χ3n) is 5.75. The molecule has 4 aromatic rings. The Labute approximate surface area is 173 Å². The standard InChI is InChI=1S/C26H29N3/c1-18-11-9-10-14-29(18)24-16-21(26(3,4)5)15-22(19(24)2)25-27-17-20-12-7-8-13-23(20)28(25)6/h7-17H,1-6H3/q+2. The molecule has 0 aliphatic carbocycles. The molecule has 2 aromatic carbocycles. The van der Waals surface area contributed by atoms with Gasteiger partial charge in [-0.25, -0.2) is 4.57 Å². The van der Waals surface area contributed by atoms with E-state index in [1.54, 1.807) is 0 Å². The van der Waals surface area contributed by atoms with E-state index in [0.717, 1.165) is 11.2 Å². The molecule has 0 spiro atoms. The fourth-order valence-corrected chi connectivity index (χ4v) is 3.90. The fraction of sp³-hybridized carbons (Fsp3) is 0.269. The highest BCUT2D eigenvalue weighted by Gasteiger charge is 2.27. The highest BCUT2D eigenvalue weighted by molar-refractivity contribution is 5.76. The van der Waals surface area contributed by atoms with Gasteiger partial charge in [0.05, 0.1) is 18.0 Å². The summed E-state index contributed by atoms with van der Waals surface area (Å²) in [5, 5.41) is 1.15. The van der Waals surface area contributed by atoms with Crippen LogP contribution in [0.4, 0.5) is 0 Å². The molecule has 29 heavy (non-hydrogen) atoms. The van der Waals surface area contributed by atoms with Crippen LogP contribution in [0.1, 0.15) is 37.6 Å². The average molecular weight is 384 g/mol. The van der Waals surface area contributed by atoms with Gasteiger partial charge in [-0.2, -0.15) is 4.57 Å². The predicted octanol–water partition coefficient (Wildman–Crippen LogP) is 4.92. The molecule has 3 nitrogen and oxygen atoms in total. The van der Waals surface area contributed by atoms with Crippen LogP contribution in [0.15, 0.2) is 67.0 Å². The minimum Gasteiger partial charge on any atom is -0.226 e. The Balaban J connectivity index is 2.05. The van der Waals surface area contributed by atoms with Gasteiger partial charge >= 0.3 is 5.82 Å². The zero-order chi connectivity index (χ0) is 20.8. The van der Waals surface area contributed by atoms with Crippen molar-refractivity contribution in [3.8, 4) is 17.1 Å². The molecule has 0 unspecified atom stereocenters. The van der Waals surface area contributed by atoms with Gasteiger partial charge < -0.3 is 0 Å². The average Bonchev–Trinajstić information content (AvgIpc) is 2.69. The van der Waals surface area contributed by atoms with Gasteiger partial charge in [-0.3, -0.25) is 0 Å². The minimum atomic E-state index is 0.0376. The zero-order valence-electron chi connectivity index (χ0n) is 18.2. The van der Waals surface area contributed by atoms with Gasteiger partial charge in [0.1, 0.15) is 5.52 Å². The molecule has 0 saturated carbocycles. The Hall–Kier alpha value is -3.07. The van der Waals surface area contributed by atoms with Crippen molar-refractivity contribution in [2.45, 2.75) is 40.0 Å². The van der Waals surface area contributed by atoms with Crippen molar-refractivity contribution in [1.29, 1.82) is 0 Å². The lowest BCUT2D eigenvalue weighted by atomic mass is 9.84. The fourth-order valence-electron chi connectivity index (χ4n) is 3.90. The molecule has 2 aromatic heterocycles. The molecule has 146 valence electrons. The van der Waals surface area contributed by atoms with Crippen LogP contribution in [0.3, 0.4) is 0 Å². The van der Waals surface area contributed by atoms with Crippen molar-refractivity contribution in [3.05, 3.63) is 83.8 Å². The zero-order valence-corrected chi connectivity index (χ0v) is 18.2. The van der Waals surface area contributed by atoms with Gasteiger partial charge in [-0.15, -0.1) is 0 Å². The van der Waals surface area contributed by atoms with Crippen molar-refractivity contribution < 1.29 is 9.13 Å². The van der Waals surface area contributed by atoms with Gasteiger partial charge in [0.15, 0.2) is 18.1 Å². The van der Waals surface area contributed by atoms with Crippen LogP contribution in [0.25, 0.3) is 28.0 Å². The summed E-state index contributed by atoms with van der Waals surface area (Å²) in [6, 6.07) is 19.4. The molecule has 0 N–H and O–H groups in total. The third kappa shape index (κ3) is 3.42. The minimum absolute atomic E-state index is 0.0376. The number of rotatable bonds is 2. The maximum Gasteiger partial charge on any atom is 0.330 e. The first-order chi connectivity index (χ1) is 13.8. The van der Waals surface area contributed by atoms with E-state index < -0.39 is 0 Å². The van der Waals surface area contributed by atoms with E-state index in [1.165, 1.54) is 33.6 Å². The molecule has 3 heteroatoms. The lowest BCUT2D eigenvalue weighted by molar-refractivity contribution is -0.636. The summed E-state index contributed by atoms with van der Waals surface area (Å²) in [5.41, 5.74) is 7.36. The number of fused-ring (bicyclic) bond motifs is 1. The lowest BCUT2D eigenvalue weighted by Crippen LogP contribution is -2.37. The number of para-hydroxylation sites is 1. The molecule has 2 heterocycles. The van der Waals surface area contributed by atoms with E-state index in [0.29, 0.717) is 0 Å². The molecule has 0 saturated heterocycles. The summed E-state index contributed by atoms with van der Waals surface area (Å²) in [6.07, 6.45) is 4.12. The van der Waals surface area contributed by atoms with Gasteiger partial charge in [0.2, 0.25) is 5.69 Å². The summed E-state index contributed by atoms with van der Waals surface area (Å²) in [5.74, 6) is 0.989. The van der Waals surface area contributed by atoms with E-state index in [9.17, 15) is 0 Å². The summed E-state index contributed by atoms with van der Waals surface area (Å²) in [4.78, 5) is 4.87. The Morgan fingerprint density at radius 2 is 1.62 bits per heavy atom. The summed E-state index contributed by atoms with van der Waals surface area (Å²) in [6.45, 7) is 11.1. The second-order valence-electron chi connectivity index (χ2n) is 8.83. The van der Waals surface area contributed by atoms with E-state index in [4.69, 9.17) is 4.98 Å². The Bertz CT molecular complexity index is 1220. The third-order valence-corrected chi connectivity index (χ3v) is 5.75. The van der Waals surface area contributed by atoms with Crippen molar-refractivity contribution in [1.82, 2.24) is 4.98 Å². The van der Waals surface area contributed by atoms with Crippen LogP contribution >= 0.6 is 0 Å². The van der Waals surface area contributed by atoms with Crippen molar-refractivity contribution in [3.63, 3.8) is 0 Å². The van der Waals surface area contributed by atoms with Crippen LogP contribution in [0, 0.1) is 13.8 Å². The second kappa shape index (κ2) is 7.07. The highest BCUT2D eigenvalue weighted by Crippen LogP contribution is 2.31. The highest BCUT2D eigenvalue weighted by atomic mass is 15.0. The second-order valence-corrected chi connectivity index (χ2v) is 8.83. The maximum absolute atomic E-state index is 4.87. The molecule has 0 aliphatic rings. The molecule has 0 bridgehead atoms. The molecular formula is C26H29N3+2. The number of pyridine rings is 1. The van der Waals surface area contributed by atoms with Crippen LogP contribution in [-0.2, 0) is 12.5 Å². The van der Waals surface area contributed by atoms with E-state index >= 15 is 0 Å². The number of hydrogen-bond donors (Lipinski definition) is 0. The molecule has 4 rings (SSSR count). The van der Waals surface area contributed by atoms with Crippen LogP contribution in [-0.4, -0.2) is 4.98 Å². The molecule has 0 aliphatic heterocycles. The SMILES string of the molecule is Cc1c(-c2ncc3ccccc3[n+]2C)cc(C(C)(C)C)cc1-[n+]1ccccc1C. The van der Waals surface area contributed by atoms with Gasteiger partial charge in [-0.05, 0) is 41.1 Å². The Morgan fingerprint density at radius 3 is 2.34 bits per heavy atom. The quantitative estimate of drug-likeness (QED) is 0.450. The predicted molar refractivity (Wildman–Crippen MR) is 118 cm³/mol. The molecular weight excluding hydrogens is 354 g/mol. The van der Waals surface area contributed by atoms with Crippen LogP contribution in [0.5, 0.6) is 0 Å². The number of aromatic nitrogens is 3. The number of hydrogen-bond acceptors (Lipinski definition) is 1. The van der Waals surface area contributed by atoms with E-state index in [1.807, 2.05) is 6.20 Å². The molecule has 0 radical (unpaired) electrons. The van der Waals surface area contributed by atoms with Gasteiger partial charge in [0.25, 0.3) is 0 Å². The Kier molecular flexibility index (Phi) is 4.70. The first-order valence-electron chi connectivity index (χ1n) is 10.1. The van der Waals surface area contributed by atoms with Crippen LogP contribution < -0.4 is 9.13 Å². The topological polar surface area (TPSA) is 20.6 Å². The van der Waals surface area contributed by atoms with Crippen molar-refractivity contribution >= 4 is 10.9 Å². The van der Waals surface area contributed by atoms with Crippen molar-refractivity contribution in [2.75, 3.05) is 0 Å². The molecule has 0 amide bonds.